The molecule has 0 aromatic heterocycles. The van der Waals surface area contributed by atoms with Crippen molar-refractivity contribution < 1.29 is 30.0 Å². The quantitative estimate of drug-likeness (QED) is 0.276. The van der Waals surface area contributed by atoms with Crippen LogP contribution in [-0.4, -0.2) is 58.4 Å². The van der Waals surface area contributed by atoms with Gasteiger partial charge in [-0.1, -0.05) is 0 Å². The van der Waals surface area contributed by atoms with Gasteiger partial charge in [0.1, 0.15) is 12.6 Å². The fourth-order valence-electron chi connectivity index (χ4n) is 2.28. The Balaban J connectivity index is 4.77. The first kappa shape index (κ1) is 19.2. The molecule has 0 aliphatic carbocycles. The summed E-state index contributed by atoms with van der Waals surface area (Å²) in [6, 6.07) is 0. The van der Waals surface area contributed by atoms with Gasteiger partial charge in [-0.15, -0.1) is 0 Å². The van der Waals surface area contributed by atoms with E-state index in [0.717, 1.165) is 0 Å². The third-order valence-corrected chi connectivity index (χ3v) is 3.67. The molecule has 6 nitrogen and oxygen atoms in total. The Labute approximate surface area is 119 Å². The lowest BCUT2D eigenvalue weighted by Gasteiger charge is -2.36. The number of hydrogen-bond donors (Lipinski definition) is 4. The fourth-order valence-corrected chi connectivity index (χ4v) is 2.28. The molecule has 6 heteroatoms. The number of aliphatic hydroxyl groups excluding tert-OH is 4. The summed E-state index contributed by atoms with van der Waals surface area (Å²) in [6.07, 6.45) is 0.993. The third-order valence-electron chi connectivity index (χ3n) is 3.67. The Hall–Kier alpha value is -0.820. The zero-order valence-electron chi connectivity index (χ0n) is 11.8. The van der Waals surface area contributed by atoms with Crippen molar-refractivity contribution >= 4 is 12.6 Å². The Morgan fingerprint density at radius 3 is 1.60 bits per heavy atom. The van der Waals surface area contributed by atoms with Crippen molar-refractivity contribution in [3.63, 3.8) is 0 Å². The monoisotopic (exact) mass is 290 g/mol. The van der Waals surface area contributed by atoms with Crippen molar-refractivity contribution in [3.8, 4) is 0 Å². The lowest BCUT2D eigenvalue weighted by atomic mass is 9.72. The lowest BCUT2D eigenvalue weighted by Crippen LogP contribution is -2.47. The molecule has 0 spiro atoms. The molecule has 0 saturated heterocycles. The van der Waals surface area contributed by atoms with E-state index in [1.165, 1.54) is 0 Å². The molecular weight excluding hydrogens is 264 g/mol. The van der Waals surface area contributed by atoms with E-state index < -0.39 is 17.6 Å². The number of aldehydes is 2. The Morgan fingerprint density at radius 1 is 0.850 bits per heavy atom. The summed E-state index contributed by atoms with van der Waals surface area (Å²) >= 11 is 0. The molecule has 0 heterocycles. The van der Waals surface area contributed by atoms with Crippen molar-refractivity contribution in [1.82, 2.24) is 0 Å². The van der Waals surface area contributed by atoms with Crippen LogP contribution in [-0.2, 0) is 9.59 Å². The van der Waals surface area contributed by atoms with Gasteiger partial charge in [-0.3, -0.25) is 0 Å². The van der Waals surface area contributed by atoms with Gasteiger partial charge in [-0.05, 0) is 38.5 Å². The second-order valence-corrected chi connectivity index (χ2v) is 5.07. The fraction of sp³-hybridized carbons (Fsp3) is 0.857. The van der Waals surface area contributed by atoms with Crippen molar-refractivity contribution in [1.29, 1.82) is 0 Å². The second kappa shape index (κ2) is 10.9. The van der Waals surface area contributed by atoms with Gasteiger partial charge in [0.25, 0.3) is 0 Å². The summed E-state index contributed by atoms with van der Waals surface area (Å²) in [6.45, 7) is -0.0128. The minimum atomic E-state index is -1.49. The molecule has 4 N–H and O–H groups in total. The van der Waals surface area contributed by atoms with Crippen LogP contribution in [0.1, 0.15) is 44.9 Å². The Kier molecular flexibility index (Phi) is 10.5. The van der Waals surface area contributed by atoms with Crippen molar-refractivity contribution in [2.75, 3.05) is 13.2 Å². The number of aliphatic hydroxyl groups is 4. The maximum absolute atomic E-state index is 11.4. The summed E-state index contributed by atoms with van der Waals surface area (Å²) in [5, 5.41) is 37.8. The van der Waals surface area contributed by atoms with Crippen LogP contribution in [0.5, 0.6) is 0 Å². The molecule has 2 atom stereocenters. The predicted octanol–water partition coefficient (Wildman–Crippen LogP) is -0.192. The molecule has 0 bridgehead atoms. The summed E-state index contributed by atoms with van der Waals surface area (Å²) in [4.78, 5) is 22.2. The van der Waals surface area contributed by atoms with E-state index in [2.05, 4.69) is 0 Å². The summed E-state index contributed by atoms with van der Waals surface area (Å²) in [7, 11) is 0. The normalized spacial score (nSPS) is 17.2. The van der Waals surface area contributed by atoms with Crippen LogP contribution in [0.4, 0.5) is 0 Å². The molecule has 118 valence electrons. The van der Waals surface area contributed by atoms with E-state index >= 15 is 0 Å². The largest absolute Gasteiger partial charge is 0.396 e. The number of unbranched alkanes of at least 4 members (excludes halogenated alkanes) is 2. The highest BCUT2D eigenvalue weighted by Crippen LogP contribution is 2.33. The first-order chi connectivity index (χ1) is 9.58. The lowest BCUT2D eigenvalue weighted by molar-refractivity contribution is -0.141. The first-order valence-electron chi connectivity index (χ1n) is 7.06. The molecule has 0 rings (SSSR count). The van der Waals surface area contributed by atoms with Gasteiger partial charge in [0.15, 0.2) is 0 Å². The van der Waals surface area contributed by atoms with E-state index in [0.29, 0.717) is 38.3 Å². The topological polar surface area (TPSA) is 115 Å². The van der Waals surface area contributed by atoms with E-state index in [1.54, 1.807) is 0 Å². The molecule has 0 amide bonds. The van der Waals surface area contributed by atoms with Gasteiger partial charge in [-0.25, -0.2) is 0 Å². The van der Waals surface area contributed by atoms with Gasteiger partial charge in [0.2, 0.25) is 0 Å². The van der Waals surface area contributed by atoms with Crippen LogP contribution in [0.3, 0.4) is 0 Å². The van der Waals surface area contributed by atoms with Crippen molar-refractivity contribution in [2.45, 2.75) is 57.2 Å². The van der Waals surface area contributed by atoms with Gasteiger partial charge in [0.05, 0.1) is 17.6 Å². The smallest absolute Gasteiger partial charge is 0.131 e. The first-order valence-corrected chi connectivity index (χ1v) is 7.06. The molecule has 0 aromatic rings. The van der Waals surface area contributed by atoms with Crippen molar-refractivity contribution in [3.05, 3.63) is 0 Å². The molecule has 0 radical (unpaired) electrons. The van der Waals surface area contributed by atoms with Crippen LogP contribution in [0.2, 0.25) is 0 Å². The molecular formula is C14H26O6. The molecule has 0 aromatic carbocycles. The molecule has 0 aliphatic rings. The van der Waals surface area contributed by atoms with Crippen LogP contribution in [0.25, 0.3) is 0 Å². The molecule has 0 saturated carbocycles. The number of rotatable bonds is 13. The summed E-state index contributed by atoms with van der Waals surface area (Å²) < 4.78 is 0. The molecule has 0 aliphatic heterocycles. The average molecular weight is 290 g/mol. The second-order valence-electron chi connectivity index (χ2n) is 5.07. The van der Waals surface area contributed by atoms with Crippen LogP contribution in [0.15, 0.2) is 0 Å². The average Bonchev–Trinajstić information content (AvgIpc) is 2.45. The molecule has 0 fully saturated rings. The highest BCUT2D eigenvalue weighted by Gasteiger charge is 2.43. The van der Waals surface area contributed by atoms with Gasteiger partial charge < -0.3 is 30.0 Å². The number of carbonyl (C=O) groups excluding carboxylic acids is 2. The van der Waals surface area contributed by atoms with E-state index in [1.807, 2.05) is 0 Å². The van der Waals surface area contributed by atoms with E-state index in [-0.39, 0.29) is 32.5 Å². The number of hydrogen-bond acceptors (Lipinski definition) is 6. The summed E-state index contributed by atoms with van der Waals surface area (Å²) in [5.41, 5.74) is -1.49. The minimum Gasteiger partial charge on any atom is -0.396 e. The minimum absolute atomic E-state index is 0.00641. The highest BCUT2D eigenvalue weighted by atomic mass is 16.3. The van der Waals surface area contributed by atoms with E-state index in [4.69, 9.17) is 10.2 Å². The molecule has 2 unspecified atom stereocenters. The van der Waals surface area contributed by atoms with E-state index in [9.17, 15) is 19.8 Å². The predicted molar refractivity (Wildman–Crippen MR) is 73.1 cm³/mol. The molecule has 20 heavy (non-hydrogen) atoms. The zero-order chi connectivity index (χ0) is 15.4. The highest BCUT2D eigenvalue weighted by molar-refractivity contribution is 5.68. The third kappa shape index (κ3) is 5.66. The SMILES string of the molecule is O=CCC(C=O)(C(O)CCCCO)C(O)CCCCO. The maximum atomic E-state index is 11.4. The standard InChI is InChI=1S/C14H26O6/c15-8-3-1-5-12(19)14(11-18,7-10-17)13(20)6-2-4-9-16/h10-13,15-16,19-20H,1-9H2. The van der Waals surface area contributed by atoms with Gasteiger partial charge in [-0.2, -0.15) is 0 Å². The summed E-state index contributed by atoms with van der Waals surface area (Å²) in [5.74, 6) is 0. The zero-order valence-corrected chi connectivity index (χ0v) is 11.8. The van der Waals surface area contributed by atoms with Gasteiger partial charge in [0, 0.05) is 19.6 Å². The van der Waals surface area contributed by atoms with Gasteiger partial charge >= 0.3 is 0 Å². The maximum Gasteiger partial charge on any atom is 0.131 e. The Morgan fingerprint density at radius 2 is 1.30 bits per heavy atom. The Bertz CT molecular complexity index is 252. The number of carbonyl (C=O) groups is 2. The van der Waals surface area contributed by atoms with Crippen LogP contribution in [0, 0.1) is 5.41 Å². The van der Waals surface area contributed by atoms with Crippen LogP contribution >= 0.6 is 0 Å². The van der Waals surface area contributed by atoms with Crippen molar-refractivity contribution in [2.24, 2.45) is 5.41 Å². The van der Waals surface area contributed by atoms with Crippen LogP contribution < -0.4 is 0 Å².